The van der Waals surface area contributed by atoms with Gasteiger partial charge in [0.15, 0.2) is 0 Å². The van der Waals surface area contributed by atoms with E-state index in [0.717, 1.165) is 4.90 Å². The molecule has 0 radical (unpaired) electrons. The molecule has 0 aliphatic rings. The lowest BCUT2D eigenvalue weighted by Crippen LogP contribution is -2.48. The molecule has 118 valence electrons. The number of rotatable bonds is 8. The first-order valence-corrected chi connectivity index (χ1v) is 6.08. The third kappa shape index (κ3) is 8.57. The van der Waals surface area contributed by atoms with Gasteiger partial charge in [-0.1, -0.05) is 6.92 Å². The summed E-state index contributed by atoms with van der Waals surface area (Å²) in [5.74, 6) is -1.16. The van der Waals surface area contributed by atoms with E-state index in [4.69, 9.17) is 5.11 Å². The summed E-state index contributed by atoms with van der Waals surface area (Å²) in [6.07, 6.45) is -3.85. The van der Waals surface area contributed by atoms with Crippen molar-refractivity contribution in [2.45, 2.75) is 32.5 Å². The summed E-state index contributed by atoms with van der Waals surface area (Å²) in [4.78, 5) is 23.5. The number of carbonyl (C=O) groups excluding carboxylic acids is 1. The van der Waals surface area contributed by atoms with Crippen molar-refractivity contribution in [3.8, 4) is 0 Å². The van der Waals surface area contributed by atoms with E-state index in [2.05, 4.69) is 10.1 Å². The third-order valence-electron chi connectivity index (χ3n) is 2.48. The quantitative estimate of drug-likeness (QED) is 0.665. The third-order valence-corrected chi connectivity index (χ3v) is 2.48. The van der Waals surface area contributed by atoms with E-state index in [0.29, 0.717) is 6.42 Å². The Morgan fingerprint density at radius 1 is 1.40 bits per heavy atom. The van der Waals surface area contributed by atoms with Crippen molar-refractivity contribution < 1.29 is 32.6 Å². The molecule has 0 aromatic carbocycles. The normalized spacial score (nSPS) is 12.8. The summed E-state index contributed by atoms with van der Waals surface area (Å²) >= 11 is 0. The lowest BCUT2D eigenvalue weighted by molar-refractivity contribution is -0.173. The van der Waals surface area contributed by atoms with E-state index in [1.165, 1.54) is 0 Å². The van der Waals surface area contributed by atoms with Crippen molar-refractivity contribution in [2.24, 2.45) is 0 Å². The predicted molar refractivity (Wildman–Crippen MR) is 64.4 cm³/mol. The van der Waals surface area contributed by atoms with E-state index in [1.54, 1.807) is 13.8 Å². The Labute approximate surface area is 114 Å². The van der Waals surface area contributed by atoms with Gasteiger partial charge in [0.1, 0.15) is 13.2 Å². The van der Waals surface area contributed by atoms with Crippen LogP contribution in [-0.4, -0.2) is 60.5 Å². The minimum atomic E-state index is -4.41. The topological polar surface area (TPSA) is 78.9 Å². The Balaban J connectivity index is 4.11. The lowest BCUT2D eigenvalue weighted by Gasteiger charge is -2.27. The standard InChI is InChI=1S/C11H19F3N2O4/c1-3-8(2)16(6-9(17)18)10(19)15-4-5-20-7-11(12,13)14/h8H,3-7H2,1-2H3,(H,15,19)(H,17,18). The van der Waals surface area contributed by atoms with Gasteiger partial charge < -0.3 is 20.1 Å². The zero-order chi connectivity index (χ0) is 15.8. The molecule has 1 atom stereocenters. The number of nitrogens with zero attached hydrogens (tertiary/aromatic N) is 1. The van der Waals surface area contributed by atoms with Crippen LogP contribution in [0.15, 0.2) is 0 Å². The van der Waals surface area contributed by atoms with Crippen molar-refractivity contribution in [3.63, 3.8) is 0 Å². The van der Waals surface area contributed by atoms with Crippen LogP contribution >= 0.6 is 0 Å². The number of alkyl halides is 3. The molecule has 0 heterocycles. The number of carboxylic acids is 1. The monoisotopic (exact) mass is 300 g/mol. The number of urea groups is 1. The molecule has 9 heteroatoms. The van der Waals surface area contributed by atoms with Crippen LogP contribution in [0.1, 0.15) is 20.3 Å². The van der Waals surface area contributed by atoms with Gasteiger partial charge in [-0.15, -0.1) is 0 Å². The Morgan fingerprint density at radius 3 is 2.45 bits per heavy atom. The average molecular weight is 300 g/mol. The fourth-order valence-electron chi connectivity index (χ4n) is 1.31. The maximum atomic E-state index is 11.8. The van der Waals surface area contributed by atoms with Crippen LogP contribution < -0.4 is 5.32 Å². The lowest BCUT2D eigenvalue weighted by atomic mass is 10.2. The van der Waals surface area contributed by atoms with E-state index < -0.39 is 31.3 Å². The first kappa shape index (κ1) is 18.5. The van der Waals surface area contributed by atoms with Gasteiger partial charge in [0, 0.05) is 12.6 Å². The maximum Gasteiger partial charge on any atom is 0.411 e. The number of carbonyl (C=O) groups is 2. The van der Waals surface area contributed by atoms with E-state index in [-0.39, 0.29) is 19.2 Å². The summed E-state index contributed by atoms with van der Waals surface area (Å²) in [6.45, 7) is 1.20. The summed E-state index contributed by atoms with van der Waals surface area (Å²) in [5.41, 5.74) is 0. The molecule has 0 aliphatic carbocycles. The highest BCUT2D eigenvalue weighted by molar-refractivity contribution is 5.80. The molecule has 0 spiro atoms. The summed E-state index contributed by atoms with van der Waals surface area (Å²) in [7, 11) is 0. The van der Waals surface area contributed by atoms with Crippen LogP contribution in [0, 0.1) is 0 Å². The fraction of sp³-hybridized carbons (Fsp3) is 0.818. The van der Waals surface area contributed by atoms with Crippen LogP contribution in [0.4, 0.5) is 18.0 Å². The number of ether oxygens (including phenoxy) is 1. The van der Waals surface area contributed by atoms with Crippen molar-refractivity contribution in [3.05, 3.63) is 0 Å². The second kappa shape index (κ2) is 8.62. The molecule has 0 aliphatic heterocycles. The van der Waals surface area contributed by atoms with Crippen molar-refractivity contribution in [1.29, 1.82) is 0 Å². The molecule has 0 saturated carbocycles. The van der Waals surface area contributed by atoms with Gasteiger partial charge in [-0.05, 0) is 13.3 Å². The minimum absolute atomic E-state index is 0.124. The smallest absolute Gasteiger partial charge is 0.411 e. The van der Waals surface area contributed by atoms with Gasteiger partial charge in [0.25, 0.3) is 0 Å². The predicted octanol–water partition coefficient (Wildman–Crippen LogP) is 1.46. The number of hydrogen-bond donors (Lipinski definition) is 2. The van der Waals surface area contributed by atoms with Gasteiger partial charge in [0.05, 0.1) is 6.61 Å². The first-order chi connectivity index (χ1) is 9.17. The Kier molecular flexibility index (Phi) is 7.97. The van der Waals surface area contributed by atoms with Gasteiger partial charge in [-0.2, -0.15) is 13.2 Å². The van der Waals surface area contributed by atoms with Gasteiger partial charge in [-0.25, -0.2) is 4.79 Å². The molecule has 0 rings (SSSR count). The molecule has 0 fully saturated rings. The number of aliphatic carboxylic acids is 1. The molecule has 0 bridgehead atoms. The maximum absolute atomic E-state index is 11.8. The molecule has 20 heavy (non-hydrogen) atoms. The van der Waals surface area contributed by atoms with Crippen molar-refractivity contribution in [2.75, 3.05) is 26.3 Å². The zero-order valence-electron chi connectivity index (χ0n) is 11.4. The van der Waals surface area contributed by atoms with Crippen molar-refractivity contribution >= 4 is 12.0 Å². The van der Waals surface area contributed by atoms with Gasteiger partial charge in [-0.3, -0.25) is 4.79 Å². The highest BCUT2D eigenvalue weighted by atomic mass is 19.4. The Bertz CT molecular complexity index is 323. The fourth-order valence-corrected chi connectivity index (χ4v) is 1.31. The van der Waals surface area contributed by atoms with Crippen LogP contribution in [0.2, 0.25) is 0 Å². The molecule has 2 amide bonds. The van der Waals surface area contributed by atoms with E-state index in [1.807, 2.05) is 0 Å². The average Bonchev–Trinajstić information content (AvgIpc) is 2.32. The summed E-state index contributed by atoms with van der Waals surface area (Å²) in [5, 5.41) is 11.0. The van der Waals surface area contributed by atoms with E-state index in [9.17, 15) is 22.8 Å². The van der Waals surface area contributed by atoms with Crippen LogP contribution in [0.3, 0.4) is 0 Å². The highest BCUT2D eigenvalue weighted by Crippen LogP contribution is 2.13. The number of carboxylic acid groups (broad SMARTS) is 1. The summed E-state index contributed by atoms with van der Waals surface area (Å²) < 4.78 is 39.7. The summed E-state index contributed by atoms with van der Waals surface area (Å²) in [6, 6.07) is -0.931. The Hall–Kier alpha value is -1.51. The molecular weight excluding hydrogens is 281 g/mol. The molecule has 0 saturated heterocycles. The van der Waals surface area contributed by atoms with Crippen LogP contribution in [0.5, 0.6) is 0 Å². The molecular formula is C11H19F3N2O4. The second-order valence-electron chi connectivity index (χ2n) is 4.18. The number of hydrogen-bond acceptors (Lipinski definition) is 3. The first-order valence-electron chi connectivity index (χ1n) is 6.08. The van der Waals surface area contributed by atoms with Crippen LogP contribution in [-0.2, 0) is 9.53 Å². The SMILES string of the molecule is CCC(C)N(CC(=O)O)C(=O)NCCOCC(F)(F)F. The number of halogens is 3. The Morgan fingerprint density at radius 2 is 2.00 bits per heavy atom. The largest absolute Gasteiger partial charge is 0.480 e. The molecule has 0 aromatic rings. The zero-order valence-corrected chi connectivity index (χ0v) is 11.4. The molecule has 1 unspecified atom stereocenters. The highest BCUT2D eigenvalue weighted by Gasteiger charge is 2.27. The number of amides is 2. The molecule has 6 nitrogen and oxygen atoms in total. The second-order valence-corrected chi connectivity index (χ2v) is 4.18. The number of nitrogens with one attached hydrogen (secondary N) is 1. The molecule has 2 N–H and O–H groups in total. The minimum Gasteiger partial charge on any atom is -0.480 e. The molecule has 0 aromatic heterocycles. The van der Waals surface area contributed by atoms with E-state index >= 15 is 0 Å². The van der Waals surface area contributed by atoms with Crippen LogP contribution in [0.25, 0.3) is 0 Å². The van der Waals surface area contributed by atoms with Crippen molar-refractivity contribution in [1.82, 2.24) is 10.2 Å². The van der Waals surface area contributed by atoms with Gasteiger partial charge >= 0.3 is 18.2 Å². The van der Waals surface area contributed by atoms with Gasteiger partial charge in [0.2, 0.25) is 0 Å².